The lowest BCUT2D eigenvalue weighted by Crippen LogP contribution is -2.31. The number of carbonyl (C=O) groups excluding carboxylic acids is 1. The summed E-state index contributed by atoms with van der Waals surface area (Å²) in [6.45, 7) is 11.9. The fraction of sp³-hybridized carbons (Fsp3) is 0.718. The number of furan rings is 1. The Labute approximate surface area is 269 Å². The topological polar surface area (TPSA) is 51.9 Å². The number of nitrogens with zero attached hydrogens (tertiary/aromatic N) is 1. The second kappa shape index (κ2) is 20.7. The molecule has 0 bridgehead atoms. The summed E-state index contributed by atoms with van der Waals surface area (Å²) in [5.74, 6) is 4.21. The molecule has 0 spiro atoms. The highest BCUT2D eigenvalue weighted by Crippen LogP contribution is 2.38. The van der Waals surface area contributed by atoms with Crippen LogP contribution in [0.1, 0.15) is 141 Å². The third kappa shape index (κ3) is 13.0. The molecule has 1 aromatic heterocycles. The third-order valence-corrected chi connectivity index (χ3v) is 9.91. The number of ketones is 1. The molecule has 5 heteroatoms. The molecule has 0 radical (unpaired) electrons. The van der Waals surface area contributed by atoms with E-state index in [1.807, 2.05) is 12.1 Å². The summed E-state index contributed by atoms with van der Waals surface area (Å²) in [4.78, 5) is 15.6. The van der Waals surface area contributed by atoms with Gasteiger partial charge in [-0.05, 0) is 67.5 Å². The maximum atomic E-state index is 13.2. The Morgan fingerprint density at radius 3 is 2.05 bits per heavy atom. The number of benzene rings is 1. The van der Waals surface area contributed by atoms with Gasteiger partial charge in [-0.25, -0.2) is 0 Å². The van der Waals surface area contributed by atoms with Crippen molar-refractivity contribution in [1.29, 1.82) is 0 Å². The summed E-state index contributed by atoms with van der Waals surface area (Å²) in [6.07, 6.45) is 20.8. The molecule has 2 aromatic rings. The summed E-state index contributed by atoms with van der Waals surface area (Å²) in [5.41, 5.74) is 1.27. The highest BCUT2D eigenvalue weighted by Gasteiger charge is 2.28. The van der Waals surface area contributed by atoms with E-state index in [2.05, 4.69) is 57.8 Å². The van der Waals surface area contributed by atoms with Gasteiger partial charge in [-0.1, -0.05) is 111 Å². The van der Waals surface area contributed by atoms with Gasteiger partial charge in [-0.2, -0.15) is 0 Å². The Hall–Kier alpha value is -2.27. The fourth-order valence-electron chi connectivity index (χ4n) is 6.73. The molecule has 2 heterocycles. The molecule has 0 N–H and O–H groups in total. The second-order valence-electron chi connectivity index (χ2n) is 13.7. The largest absolute Gasteiger partial charge is 0.486 e. The van der Waals surface area contributed by atoms with Gasteiger partial charge in [0.15, 0.2) is 11.5 Å². The van der Waals surface area contributed by atoms with Crippen LogP contribution in [0.3, 0.4) is 0 Å². The van der Waals surface area contributed by atoms with Crippen molar-refractivity contribution in [2.24, 2.45) is 17.8 Å². The number of fused-ring (bicyclic) bond motifs is 1. The van der Waals surface area contributed by atoms with E-state index in [1.165, 1.54) is 82.6 Å². The van der Waals surface area contributed by atoms with Gasteiger partial charge in [0, 0.05) is 18.9 Å². The summed E-state index contributed by atoms with van der Waals surface area (Å²) in [7, 11) is 2.17. The van der Waals surface area contributed by atoms with Crippen molar-refractivity contribution in [3.63, 3.8) is 0 Å². The predicted molar refractivity (Wildman–Crippen MR) is 183 cm³/mol. The van der Waals surface area contributed by atoms with Crippen LogP contribution >= 0.6 is 0 Å². The van der Waals surface area contributed by atoms with E-state index in [9.17, 15) is 4.79 Å². The van der Waals surface area contributed by atoms with Crippen molar-refractivity contribution in [3.8, 4) is 11.5 Å². The SMILES string of the molecule is CCCCCCCCCCCCCCCC(=O)C(C)C(C)CC(CN(C)Cc1ccco1)C(C)c1ccc2c(c1)OCCO2. The molecule has 4 atom stereocenters. The van der Waals surface area contributed by atoms with E-state index < -0.39 is 0 Å². The van der Waals surface area contributed by atoms with Gasteiger partial charge in [-0.3, -0.25) is 9.69 Å². The first-order valence-electron chi connectivity index (χ1n) is 18.0. The van der Waals surface area contributed by atoms with Gasteiger partial charge in [0.25, 0.3) is 0 Å². The van der Waals surface area contributed by atoms with Gasteiger partial charge >= 0.3 is 0 Å². The smallest absolute Gasteiger partial charge is 0.161 e. The Bertz CT molecular complexity index is 1030. The maximum absolute atomic E-state index is 13.2. The minimum absolute atomic E-state index is 0.0812. The number of unbranched alkanes of at least 4 members (excludes halogenated alkanes) is 12. The third-order valence-electron chi connectivity index (χ3n) is 9.91. The summed E-state index contributed by atoms with van der Waals surface area (Å²) in [5, 5.41) is 0. The monoisotopic (exact) mass is 609 g/mol. The molecule has 3 rings (SSSR count). The van der Waals surface area contributed by atoms with Crippen molar-refractivity contribution in [3.05, 3.63) is 47.9 Å². The highest BCUT2D eigenvalue weighted by molar-refractivity contribution is 5.80. The highest BCUT2D eigenvalue weighted by atomic mass is 16.6. The van der Waals surface area contributed by atoms with Crippen LogP contribution in [0.25, 0.3) is 0 Å². The zero-order valence-corrected chi connectivity index (χ0v) is 28.8. The van der Waals surface area contributed by atoms with Crippen molar-refractivity contribution in [2.45, 2.75) is 136 Å². The molecular formula is C39H63NO4. The van der Waals surface area contributed by atoms with Crippen LogP contribution in [0.15, 0.2) is 41.0 Å². The number of hydrogen-bond donors (Lipinski definition) is 0. The zero-order valence-electron chi connectivity index (χ0n) is 28.8. The molecule has 44 heavy (non-hydrogen) atoms. The van der Waals surface area contributed by atoms with Gasteiger partial charge < -0.3 is 13.9 Å². The van der Waals surface area contributed by atoms with Gasteiger partial charge in [0.05, 0.1) is 12.8 Å². The quantitative estimate of drug-likeness (QED) is 0.111. The van der Waals surface area contributed by atoms with Crippen LogP contribution in [-0.2, 0) is 11.3 Å². The average Bonchev–Trinajstić information content (AvgIpc) is 3.54. The lowest BCUT2D eigenvalue weighted by molar-refractivity contribution is -0.124. The van der Waals surface area contributed by atoms with Gasteiger partial charge in [-0.15, -0.1) is 0 Å². The van der Waals surface area contributed by atoms with Crippen molar-refractivity contribution >= 4 is 5.78 Å². The Kier molecular flexibility index (Phi) is 17.0. The molecule has 0 amide bonds. The maximum Gasteiger partial charge on any atom is 0.161 e. The van der Waals surface area contributed by atoms with E-state index in [0.717, 1.165) is 49.6 Å². The van der Waals surface area contributed by atoms with Crippen molar-refractivity contribution < 1.29 is 18.7 Å². The molecule has 1 aliphatic heterocycles. The number of hydrogen-bond acceptors (Lipinski definition) is 5. The van der Waals surface area contributed by atoms with Crippen LogP contribution in [-0.4, -0.2) is 37.5 Å². The number of rotatable bonds is 24. The predicted octanol–water partition coefficient (Wildman–Crippen LogP) is 10.6. The molecule has 0 fully saturated rings. The molecule has 248 valence electrons. The molecule has 5 nitrogen and oxygen atoms in total. The van der Waals surface area contributed by atoms with Crippen LogP contribution in [0.5, 0.6) is 11.5 Å². The van der Waals surface area contributed by atoms with Crippen LogP contribution in [0.2, 0.25) is 0 Å². The fourth-order valence-corrected chi connectivity index (χ4v) is 6.73. The molecule has 0 saturated carbocycles. The Balaban J connectivity index is 1.43. The lowest BCUT2D eigenvalue weighted by atomic mass is 9.77. The summed E-state index contributed by atoms with van der Waals surface area (Å²) in [6, 6.07) is 10.4. The first-order valence-corrected chi connectivity index (χ1v) is 18.0. The lowest BCUT2D eigenvalue weighted by Gasteiger charge is -2.33. The van der Waals surface area contributed by atoms with Crippen LogP contribution in [0.4, 0.5) is 0 Å². The number of Topliss-reactive ketones (excluding diaryl/α,β-unsaturated/α-hetero) is 1. The second-order valence-corrected chi connectivity index (χ2v) is 13.7. The Morgan fingerprint density at radius 1 is 0.818 bits per heavy atom. The average molecular weight is 610 g/mol. The number of ether oxygens (including phenoxy) is 2. The van der Waals surface area contributed by atoms with E-state index in [-0.39, 0.29) is 5.92 Å². The first kappa shape index (κ1) is 36.2. The molecule has 4 unspecified atom stereocenters. The van der Waals surface area contributed by atoms with E-state index in [4.69, 9.17) is 13.9 Å². The van der Waals surface area contributed by atoms with Gasteiger partial charge in [0.2, 0.25) is 0 Å². The minimum Gasteiger partial charge on any atom is -0.486 e. The summed E-state index contributed by atoms with van der Waals surface area (Å²) < 4.78 is 17.3. The van der Waals surface area contributed by atoms with Gasteiger partial charge in [0.1, 0.15) is 24.8 Å². The Morgan fingerprint density at radius 2 is 1.43 bits per heavy atom. The van der Waals surface area contributed by atoms with Crippen LogP contribution < -0.4 is 9.47 Å². The van der Waals surface area contributed by atoms with Crippen molar-refractivity contribution in [2.75, 3.05) is 26.8 Å². The number of carbonyl (C=O) groups is 1. The van der Waals surface area contributed by atoms with Crippen molar-refractivity contribution in [1.82, 2.24) is 4.90 Å². The van der Waals surface area contributed by atoms with E-state index in [1.54, 1.807) is 6.26 Å². The zero-order chi connectivity index (χ0) is 31.6. The molecule has 0 saturated heterocycles. The minimum atomic E-state index is 0.0812. The molecular weight excluding hydrogens is 546 g/mol. The molecule has 0 aliphatic carbocycles. The van der Waals surface area contributed by atoms with E-state index in [0.29, 0.717) is 36.8 Å². The molecule has 1 aliphatic rings. The standard InChI is InChI=1S/C39H63NO4/c1-6-7-8-9-10-11-12-13-14-15-16-17-18-21-37(41)32(3)31(2)27-35(29-40(5)30-36-20-19-24-42-36)33(4)34-22-23-38-39(28-34)44-26-25-43-38/h19-20,22-24,28,31-33,35H,6-18,21,25-27,29-30H2,1-5H3. The van der Waals surface area contributed by atoms with E-state index >= 15 is 0 Å². The normalized spacial score (nSPS) is 15.7. The summed E-state index contributed by atoms with van der Waals surface area (Å²) >= 11 is 0. The molecule has 1 aromatic carbocycles. The van der Waals surface area contributed by atoms with Crippen LogP contribution in [0, 0.1) is 17.8 Å². The first-order chi connectivity index (χ1) is 21.4.